The van der Waals surface area contributed by atoms with Crippen molar-refractivity contribution in [1.82, 2.24) is 15.1 Å². The number of morpholine rings is 1. The van der Waals surface area contributed by atoms with E-state index in [-0.39, 0.29) is 0 Å². The molecule has 0 aromatic heterocycles. The summed E-state index contributed by atoms with van der Waals surface area (Å²) in [5, 5.41) is 3.62. The van der Waals surface area contributed by atoms with E-state index in [1.165, 1.54) is 45.3 Å². The molecule has 0 radical (unpaired) electrons. The second-order valence-electron chi connectivity index (χ2n) is 5.15. The molecular formula is C12H23N3O. The molecule has 16 heavy (non-hydrogen) atoms. The molecule has 92 valence electrons. The molecule has 2 unspecified atom stereocenters. The lowest BCUT2D eigenvalue weighted by Gasteiger charge is -2.43. The van der Waals surface area contributed by atoms with E-state index in [0.717, 1.165) is 19.8 Å². The van der Waals surface area contributed by atoms with Crippen LogP contribution in [0.15, 0.2) is 0 Å². The maximum atomic E-state index is 5.67. The van der Waals surface area contributed by atoms with Gasteiger partial charge in [0.05, 0.1) is 25.5 Å². The molecule has 0 saturated carbocycles. The monoisotopic (exact) mass is 225 g/mol. The first-order chi connectivity index (χ1) is 7.95. The van der Waals surface area contributed by atoms with Crippen molar-refractivity contribution in [2.45, 2.75) is 38.0 Å². The quantitative estimate of drug-likeness (QED) is 0.738. The van der Waals surface area contributed by atoms with Crippen molar-refractivity contribution in [3.8, 4) is 0 Å². The molecule has 0 bridgehead atoms. The SMILES string of the molecule is C1CNC(N2CCOCC2N2CCCC2)C1. The average molecular weight is 225 g/mol. The van der Waals surface area contributed by atoms with Crippen LogP contribution < -0.4 is 5.32 Å². The van der Waals surface area contributed by atoms with Gasteiger partial charge in [-0.05, 0) is 45.3 Å². The zero-order chi connectivity index (χ0) is 10.8. The maximum absolute atomic E-state index is 5.67. The zero-order valence-electron chi connectivity index (χ0n) is 10.0. The maximum Gasteiger partial charge on any atom is 0.0876 e. The fraction of sp³-hybridized carbons (Fsp3) is 1.00. The first kappa shape index (κ1) is 11.0. The van der Waals surface area contributed by atoms with Crippen LogP contribution in [0, 0.1) is 0 Å². The number of nitrogens with one attached hydrogen (secondary N) is 1. The summed E-state index contributed by atoms with van der Waals surface area (Å²) in [5.41, 5.74) is 0. The van der Waals surface area contributed by atoms with Crippen LogP contribution in [-0.4, -0.2) is 61.5 Å². The topological polar surface area (TPSA) is 27.7 Å². The highest BCUT2D eigenvalue weighted by Crippen LogP contribution is 2.22. The Hall–Kier alpha value is -0.160. The third-order valence-corrected chi connectivity index (χ3v) is 4.14. The number of rotatable bonds is 2. The third-order valence-electron chi connectivity index (χ3n) is 4.14. The molecule has 0 amide bonds. The average Bonchev–Trinajstić information content (AvgIpc) is 3.03. The highest BCUT2D eigenvalue weighted by molar-refractivity contribution is 4.85. The fourth-order valence-electron chi connectivity index (χ4n) is 3.27. The third kappa shape index (κ3) is 2.12. The van der Waals surface area contributed by atoms with Gasteiger partial charge in [0.25, 0.3) is 0 Å². The molecule has 2 atom stereocenters. The van der Waals surface area contributed by atoms with Crippen LogP contribution in [0.1, 0.15) is 25.7 Å². The van der Waals surface area contributed by atoms with E-state index in [1.807, 2.05) is 0 Å². The number of likely N-dealkylation sites (tertiary alicyclic amines) is 1. The lowest BCUT2D eigenvalue weighted by atomic mass is 10.2. The summed E-state index contributed by atoms with van der Waals surface area (Å²) in [7, 11) is 0. The summed E-state index contributed by atoms with van der Waals surface area (Å²) in [6.07, 6.45) is 6.51. The Balaban J connectivity index is 1.67. The Morgan fingerprint density at radius 3 is 2.69 bits per heavy atom. The molecule has 1 N–H and O–H groups in total. The van der Waals surface area contributed by atoms with Crippen molar-refractivity contribution in [3.05, 3.63) is 0 Å². The molecule has 4 nitrogen and oxygen atoms in total. The summed E-state index contributed by atoms with van der Waals surface area (Å²) < 4.78 is 5.67. The Morgan fingerprint density at radius 1 is 1.06 bits per heavy atom. The molecule has 3 rings (SSSR count). The first-order valence-electron chi connectivity index (χ1n) is 6.76. The Kier molecular flexibility index (Phi) is 3.43. The highest BCUT2D eigenvalue weighted by atomic mass is 16.5. The number of hydrogen-bond acceptors (Lipinski definition) is 4. The predicted molar refractivity (Wildman–Crippen MR) is 63.1 cm³/mol. The minimum absolute atomic E-state index is 0.534. The molecule has 0 aromatic rings. The smallest absolute Gasteiger partial charge is 0.0876 e. The summed E-state index contributed by atoms with van der Waals surface area (Å²) >= 11 is 0. The highest BCUT2D eigenvalue weighted by Gasteiger charge is 2.35. The normalized spacial score (nSPS) is 38.2. The molecule has 3 fully saturated rings. The van der Waals surface area contributed by atoms with Crippen molar-refractivity contribution < 1.29 is 4.74 Å². The molecule has 3 aliphatic rings. The van der Waals surface area contributed by atoms with Gasteiger partial charge < -0.3 is 10.1 Å². The number of hydrogen-bond donors (Lipinski definition) is 1. The van der Waals surface area contributed by atoms with E-state index in [9.17, 15) is 0 Å². The largest absolute Gasteiger partial charge is 0.377 e. The Morgan fingerprint density at radius 2 is 1.94 bits per heavy atom. The zero-order valence-corrected chi connectivity index (χ0v) is 10.0. The molecule has 3 saturated heterocycles. The van der Waals surface area contributed by atoms with Gasteiger partial charge in [0.15, 0.2) is 0 Å². The van der Waals surface area contributed by atoms with Crippen LogP contribution in [0.3, 0.4) is 0 Å². The number of nitrogens with zero attached hydrogens (tertiary/aromatic N) is 2. The van der Waals surface area contributed by atoms with Crippen LogP contribution in [0.4, 0.5) is 0 Å². The second-order valence-corrected chi connectivity index (χ2v) is 5.15. The van der Waals surface area contributed by atoms with E-state index >= 15 is 0 Å². The molecule has 3 heterocycles. The van der Waals surface area contributed by atoms with Crippen LogP contribution in [0.2, 0.25) is 0 Å². The Labute approximate surface area is 97.9 Å². The van der Waals surface area contributed by atoms with Crippen LogP contribution >= 0.6 is 0 Å². The lowest BCUT2D eigenvalue weighted by Crippen LogP contribution is -2.59. The van der Waals surface area contributed by atoms with E-state index in [2.05, 4.69) is 15.1 Å². The van der Waals surface area contributed by atoms with Gasteiger partial charge in [-0.2, -0.15) is 0 Å². The van der Waals surface area contributed by atoms with Gasteiger partial charge in [0.2, 0.25) is 0 Å². The molecule has 0 spiro atoms. The van der Waals surface area contributed by atoms with Gasteiger partial charge in [-0.1, -0.05) is 0 Å². The van der Waals surface area contributed by atoms with E-state index in [4.69, 9.17) is 4.74 Å². The van der Waals surface area contributed by atoms with Crippen molar-refractivity contribution in [2.24, 2.45) is 0 Å². The Bertz CT molecular complexity index is 200. The van der Waals surface area contributed by atoms with Gasteiger partial charge in [0.1, 0.15) is 0 Å². The van der Waals surface area contributed by atoms with E-state index in [1.54, 1.807) is 0 Å². The summed E-state index contributed by atoms with van der Waals surface area (Å²) in [6, 6.07) is 0. The van der Waals surface area contributed by atoms with Crippen molar-refractivity contribution >= 4 is 0 Å². The van der Waals surface area contributed by atoms with E-state index < -0.39 is 0 Å². The number of ether oxygens (including phenoxy) is 1. The minimum Gasteiger partial charge on any atom is -0.377 e. The fourth-order valence-corrected chi connectivity index (χ4v) is 3.27. The van der Waals surface area contributed by atoms with E-state index in [0.29, 0.717) is 12.3 Å². The van der Waals surface area contributed by atoms with Gasteiger partial charge in [-0.3, -0.25) is 9.80 Å². The van der Waals surface area contributed by atoms with Crippen LogP contribution in [0.5, 0.6) is 0 Å². The predicted octanol–water partition coefficient (Wildman–Crippen LogP) is 0.450. The van der Waals surface area contributed by atoms with Gasteiger partial charge >= 0.3 is 0 Å². The van der Waals surface area contributed by atoms with Crippen molar-refractivity contribution in [1.29, 1.82) is 0 Å². The lowest BCUT2D eigenvalue weighted by molar-refractivity contribution is -0.0899. The summed E-state index contributed by atoms with van der Waals surface area (Å²) in [5.74, 6) is 0. The summed E-state index contributed by atoms with van der Waals surface area (Å²) in [6.45, 7) is 6.61. The van der Waals surface area contributed by atoms with Gasteiger partial charge in [-0.25, -0.2) is 0 Å². The standard InChI is InChI=1S/C12H23N3O/c1-2-7-14(6-1)12-10-16-9-8-15(12)11-4-3-5-13-11/h11-13H,1-10H2. The van der Waals surface area contributed by atoms with Crippen molar-refractivity contribution in [2.75, 3.05) is 39.4 Å². The van der Waals surface area contributed by atoms with Crippen molar-refractivity contribution in [3.63, 3.8) is 0 Å². The second kappa shape index (κ2) is 5.00. The first-order valence-corrected chi connectivity index (χ1v) is 6.76. The van der Waals surface area contributed by atoms with Crippen LogP contribution in [-0.2, 0) is 4.74 Å². The van der Waals surface area contributed by atoms with Crippen LogP contribution in [0.25, 0.3) is 0 Å². The van der Waals surface area contributed by atoms with Gasteiger partial charge in [0, 0.05) is 6.54 Å². The molecule has 4 heteroatoms. The van der Waals surface area contributed by atoms with Gasteiger partial charge in [-0.15, -0.1) is 0 Å². The molecular weight excluding hydrogens is 202 g/mol. The summed E-state index contributed by atoms with van der Waals surface area (Å²) in [4.78, 5) is 5.25. The minimum atomic E-state index is 0.534. The molecule has 0 aliphatic carbocycles. The molecule has 0 aromatic carbocycles. The molecule has 3 aliphatic heterocycles.